The third-order valence-corrected chi connectivity index (χ3v) is 7.21. The van der Waals surface area contributed by atoms with Gasteiger partial charge < -0.3 is 4.74 Å². The van der Waals surface area contributed by atoms with E-state index in [1.807, 2.05) is 19.9 Å². The number of ether oxygens (including phenoxy) is 1. The van der Waals surface area contributed by atoms with Crippen molar-refractivity contribution in [1.82, 2.24) is 0 Å². The van der Waals surface area contributed by atoms with Crippen molar-refractivity contribution in [3.05, 3.63) is 35.9 Å². The fourth-order valence-electron chi connectivity index (χ4n) is 1.86. The van der Waals surface area contributed by atoms with Gasteiger partial charge in [-0.1, -0.05) is 55.9 Å². The molecule has 0 aliphatic carbocycles. The lowest BCUT2D eigenvalue weighted by molar-refractivity contribution is -0.142. The van der Waals surface area contributed by atoms with Crippen LogP contribution in [0, 0.1) is 0 Å². The van der Waals surface area contributed by atoms with Gasteiger partial charge in [0.15, 0.2) is 0 Å². The van der Waals surface area contributed by atoms with Crippen LogP contribution >= 0.6 is 0 Å². The molecule has 3 heteroatoms. The van der Waals surface area contributed by atoms with Gasteiger partial charge >= 0.3 is 5.97 Å². The molecule has 17 heavy (non-hydrogen) atoms. The number of rotatable bonds is 5. The Bertz CT molecular complexity index is 360. The predicted molar refractivity (Wildman–Crippen MR) is 73.7 cm³/mol. The average molecular weight is 250 g/mol. The van der Waals surface area contributed by atoms with E-state index in [9.17, 15) is 4.79 Å². The van der Waals surface area contributed by atoms with E-state index in [4.69, 9.17) is 4.74 Å². The molecule has 0 spiro atoms. The second-order valence-electron chi connectivity index (χ2n) is 5.12. The fraction of sp³-hybridized carbons (Fsp3) is 0.500. The van der Waals surface area contributed by atoms with Crippen molar-refractivity contribution in [2.45, 2.75) is 38.5 Å². The minimum Gasteiger partial charge on any atom is -0.466 e. The Labute approximate surface area is 105 Å². The van der Waals surface area contributed by atoms with Gasteiger partial charge in [-0.25, -0.2) is 0 Å². The molecular weight excluding hydrogens is 228 g/mol. The topological polar surface area (TPSA) is 26.3 Å². The highest BCUT2D eigenvalue weighted by molar-refractivity contribution is 6.80. The summed E-state index contributed by atoms with van der Waals surface area (Å²) < 4.78 is 5.12. The zero-order chi connectivity index (χ0) is 12.9. The normalized spacial score (nSPS) is 13.2. The van der Waals surface area contributed by atoms with Gasteiger partial charge in [-0.15, -0.1) is 0 Å². The summed E-state index contributed by atoms with van der Waals surface area (Å²) in [7, 11) is -1.62. The van der Waals surface area contributed by atoms with Gasteiger partial charge in [-0.05, 0) is 13.0 Å². The summed E-state index contributed by atoms with van der Waals surface area (Å²) in [5.41, 5.74) is 1.36. The Morgan fingerprint density at radius 1 is 1.29 bits per heavy atom. The van der Waals surface area contributed by atoms with Crippen LogP contribution in [-0.4, -0.2) is 20.7 Å². The molecule has 0 radical (unpaired) electrons. The van der Waals surface area contributed by atoms with E-state index >= 15 is 0 Å². The van der Waals surface area contributed by atoms with Crippen LogP contribution in [0.2, 0.25) is 18.6 Å². The van der Waals surface area contributed by atoms with Crippen molar-refractivity contribution >= 4 is 14.0 Å². The lowest BCUT2D eigenvalue weighted by Crippen LogP contribution is -2.39. The van der Waals surface area contributed by atoms with Crippen molar-refractivity contribution < 1.29 is 9.53 Å². The standard InChI is InChI=1S/C14H22O2Si/c1-5-16-14(15)12(2)17(3,4)11-13-9-7-6-8-10-13/h6-10,12H,5,11H2,1-4H3/t12-/m1/s1. The molecule has 0 heterocycles. The zero-order valence-electron chi connectivity index (χ0n) is 11.2. The molecule has 0 amide bonds. The Hall–Kier alpha value is -1.09. The summed E-state index contributed by atoms with van der Waals surface area (Å²) in [6.45, 7) is 8.84. The highest BCUT2D eigenvalue weighted by atomic mass is 28.3. The summed E-state index contributed by atoms with van der Waals surface area (Å²) in [6, 6.07) is 11.4. The Kier molecular flexibility index (Phi) is 4.94. The van der Waals surface area contributed by atoms with Crippen LogP contribution in [0.15, 0.2) is 30.3 Å². The molecule has 1 atom stereocenters. The summed E-state index contributed by atoms with van der Waals surface area (Å²) in [4.78, 5) is 11.8. The second kappa shape index (κ2) is 6.01. The summed E-state index contributed by atoms with van der Waals surface area (Å²) in [5, 5.41) is 0. The van der Waals surface area contributed by atoms with Crippen LogP contribution in [0.5, 0.6) is 0 Å². The maximum Gasteiger partial charge on any atom is 0.305 e. The SMILES string of the molecule is CCOC(=O)[C@@H](C)[Si](C)(C)Cc1ccccc1. The predicted octanol–water partition coefficient (Wildman–Crippen LogP) is 3.43. The first-order valence-corrected chi connectivity index (χ1v) is 9.46. The second-order valence-corrected chi connectivity index (χ2v) is 10.3. The van der Waals surface area contributed by atoms with Crippen LogP contribution in [0.4, 0.5) is 0 Å². The number of esters is 1. The molecule has 1 aromatic rings. The van der Waals surface area contributed by atoms with Gasteiger partial charge in [-0.2, -0.15) is 0 Å². The van der Waals surface area contributed by atoms with E-state index in [1.54, 1.807) is 0 Å². The van der Waals surface area contributed by atoms with Crippen molar-refractivity contribution in [3.8, 4) is 0 Å². The van der Waals surface area contributed by atoms with E-state index in [0.717, 1.165) is 6.04 Å². The molecule has 0 aromatic heterocycles. The minimum atomic E-state index is -1.62. The van der Waals surface area contributed by atoms with Crippen LogP contribution in [0.3, 0.4) is 0 Å². The van der Waals surface area contributed by atoms with Crippen molar-refractivity contribution in [2.24, 2.45) is 0 Å². The van der Waals surface area contributed by atoms with Gasteiger partial charge in [-0.3, -0.25) is 4.79 Å². The summed E-state index contributed by atoms with van der Waals surface area (Å²) >= 11 is 0. The third kappa shape index (κ3) is 4.00. The number of hydrogen-bond acceptors (Lipinski definition) is 2. The molecule has 0 fully saturated rings. The molecule has 0 aliphatic heterocycles. The lowest BCUT2D eigenvalue weighted by atomic mass is 10.2. The lowest BCUT2D eigenvalue weighted by Gasteiger charge is -2.28. The highest BCUT2D eigenvalue weighted by Gasteiger charge is 2.34. The smallest absolute Gasteiger partial charge is 0.305 e. The third-order valence-electron chi connectivity index (χ3n) is 3.31. The van der Waals surface area contributed by atoms with Crippen molar-refractivity contribution in [2.75, 3.05) is 6.61 Å². The van der Waals surface area contributed by atoms with E-state index in [0.29, 0.717) is 6.61 Å². The zero-order valence-corrected chi connectivity index (χ0v) is 12.2. The molecule has 0 aliphatic rings. The molecule has 94 valence electrons. The highest BCUT2D eigenvalue weighted by Crippen LogP contribution is 2.26. The Morgan fingerprint density at radius 2 is 1.88 bits per heavy atom. The largest absolute Gasteiger partial charge is 0.466 e. The first kappa shape index (κ1) is 14.0. The summed E-state index contributed by atoms with van der Waals surface area (Å²) in [5.74, 6) is -0.0416. The molecule has 2 nitrogen and oxygen atoms in total. The van der Waals surface area contributed by atoms with Crippen LogP contribution in [0.1, 0.15) is 19.4 Å². The Balaban J connectivity index is 2.71. The van der Waals surface area contributed by atoms with Gasteiger partial charge in [0, 0.05) is 5.54 Å². The number of benzene rings is 1. The average Bonchev–Trinajstić information content (AvgIpc) is 2.29. The van der Waals surface area contributed by atoms with Crippen molar-refractivity contribution in [3.63, 3.8) is 0 Å². The van der Waals surface area contributed by atoms with Crippen LogP contribution in [0.25, 0.3) is 0 Å². The molecule has 0 saturated heterocycles. The quantitative estimate of drug-likeness (QED) is 0.591. The monoisotopic (exact) mass is 250 g/mol. The minimum absolute atomic E-state index is 0.0416. The van der Waals surface area contributed by atoms with Gasteiger partial charge in [0.2, 0.25) is 0 Å². The van der Waals surface area contributed by atoms with Gasteiger partial charge in [0.1, 0.15) is 0 Å². The molecule has 0 N–H and O–H groups in total. The van der Waals surface area contributed by atoms with Crippen LogP contribution in [-0.2, 0) is 15.6 Å². The molecule has 0 bridgehead atoms. The van der Waals surface area contributed by atoms with Crippen LogP contribution < -0.4 is 0 Å². The van der Waals surface area contributed by atoms with E-state index in [2.05, 4.69) is 37.4 Å². The number of carbonyl (C=O) groups excluding carboxylic acids is 1. The Morgan fingerprint density at radius 3 is 2.41 bits per heavy atom. The molecule has 0 saturated carbocycles. The van der Waals surface area contributed by atoms with E-state index in [1.165, 1.54) is 5.56 Å². The first-order valence-electron chi connectivity index (χ1n) is 6.18. The molecule has 0 unspecified atom stereocenters. The fourth-order valence-corrected chi connectivity index (χ4v) is 4.18. The molecule has 1 aromatic carbocycles. The van der Waals surface area contributed by atoms with E-state index in [-0.39, 0.29) is 11.5 Å². The van der Waals surface area contributed by atoms with Crippen molar-refractivity contribution in [1.29, 1.82) is 0 Å². The summed E-state index contributed by atoms with van der Waals surface area (Å²) in [6.07, 6.45) is 0. The van der Waals surface area contributed by atoms with Gasteiger partial charge in [0.05, 0.1) is 14.7 Å². The maximum atomic E-state index is 11.8. The maximum absolute atomic E-state index is 11.8. The van der Waals surface area contributed by atoms with Gasteiger partial charge in [0.25, 0.3) is 0 Å². The number of hydrogen-bond donors (Lipinski definition) is 0. The molecular formula is C14H22O2Si. The number of carbonyl (C=O) groups is 1. The first-order chi connectivity index (χ1) is 7.97. The molecule has 1 rings (SSSR count). The van der Waals surface area contributed by atoms with E-state index < -0.39 is 8.07 Å².